The Balaban J connectivity index is 2.64. The standard InChI is InChI=1S/C14H19F3N2O3/c1-13(2,21)8-19(3)12(20)18-10-5-4-6-11(7-10)22-9-14(15,16)17/h4-7,21H,8-9H2,1-3H3,(H,18,20). The Hall–Kier alpha value is -1.96. The second-order valence-electron chi connectivity index (χ2n) is 5.53. The van der Waals surface area contributed by atoms with Crippen molar-refractivity contribution in [2.75, 3.05) is 25.5 Å². The number of amides is 2. The molecular formula is C14H19F3N2O3. The van der Waals surface area contributed by atoms with Crippen molar-refractivity contribution in [1.29, 1.82) is 0 Å². The number of nitrogens with one attached hydrogen (secondary N) is 1. The van der Waals surface area contributed by atoms with Gasteiger partial charge >= 0.3 is 12.2 Å². The van der Waals surface area contributed by atoms with Crippen molar-refractivity contribution in [2.45, 2.75) is 25.6 Å². The molecule has 1 rings (SSSR count). The molecule has 0 aromatic heterocycles. The first-order valence-corrected chi connectivity index (χ1v) is 6.50. The van der Waals surface area contributed by atoms with Crippen LogP contribution in [0, 0.1) is 0 Å². The molecule has 0 atom stereocenters. The molecule has 1 aromatic rings. The van der Waals surface area contributed by atoms with Crippen LogP contribution < -0.4 is 10.1 Å². The molecule has 22 heavy (non-hydrogen) atoms. The number of hydrogen-bond donors (Lipinski definition) is 2. The van der Waals surface area contributed by atoms with Gasteiger partial charge in [0.05, 0.1) is 12.1 Å². The van der Waals surface area contributed by atoms with Gasteiger partial charge in [0.1, 0.15) is 5.75 Å². The highest BCUT2D eigenvalue weighted by atomic mass is 19.4. The number of halogens is 3. The SMILES string of the molecule is CN(CC(C)(C)O)C(=O)Nc1cccc(OCC(F)(F)F)c1. The summed E-state index contributed by atoms with van der Waals surface area (Å²) in [6, 6.07) is 5.16. The number of carbonyl (C=O) groups is 1. The maximum atomic E-state index is 12.1. The van der Waals surface area contributed by atoms with Gasteiger partial charge in [0.25, 0.3) is 0 Å². The number of benzene rings is 1. The number of rotatable bonds is 5. The van der Waals surface area contributed by atoms with E-state index in [9.17, 15) is 23.1 Å². The van der Waals surface area contributed by atoms with Crippen molar-refractivity contribution >= 4 is 11.7 Å². The fourth-order valence-electron chi connectivity index (χ4n) is 1.70. The molecule has 0 aliphatic rings. The van der Waals surface area contributed by atoms with Gasteiger partial charge < -0.3 is 20.1 Å². The minimum Gasteiger partial charge on any atom is -0.484 e. The molecule has 0 spiro atoms. The Kier molecular flexibility index (Phi) is 5.65. The van der Waals surface area contributed by atoms with Crippen molar-refractivity contribution in [3.8, 4) is 5.75 Å². The lowest BCUT2D eigenvalue weighted by molar-refractivity contribution is -0.153. The molecule has 8 heteroatoms. The summed E-state index contributed by atoms with van der Waals surface area (Å²) in [5, 5.41) is 12.2. The first-order valence-electron chi connectivity index (χ1n) is 6.50. The smallest absolute Gasteiger partial charge is 0.422 e. The second kappa shape index (κ2) is 6.87. The predicted molar refractivity (Wildman–Crippen MR) is 75.9 cm³/mol. The summed E-state index contributed by atoms with van der Waals surface area (Å²) in [5.74, 6) is 0.000246. The zero-order valence-electron chi connectivity index (χ0n) is 12.6. The third-order valence-electron chi connectivity index (χ3n) is 2.46. The summed E-state index contributed by atoms with van der Waals surface area (Å²) >= 11 is 0. The number of carbonyl (C=O) groups excluding carboxylic acids is 1. The van der Waals surface area contributed by atoms with E-state index in [2.05, 4.69) is 10.1 Å². The average Bonchev–Trinajstić information content (AvgIpc) is 2.34. The fourth-order valence-corrected chi connectivity index (χ4v) is 1.70. The second-order valence-corrected chi connectivity index (χ2v) is 5.53. The highest BCUT2D eigenvalue weighted by Crippen LogP contribution is 2.21. The number of hydrogen-bond acceptors (Lipinski definition) is 3. The molecule has 0 aliphatic carbocycles. The van der Waals surface area contributed by atoms with E-state index >= 15 is 0 Å². The Labute approximate surface area is 126 Å². The Bertz CT molecular complexity index is 513. The molecule has 0 fully saturated rings. The monoisotopic (exact) mass is 320 g/mol. The normalized spacial score (nSPS) is 12.0. The fraction of sp³-hybridized carbons (Fsp3) is 0.500. The van der Waals surface area contributed by atoms with Crippen LogP contribution in [0.3, 0.4) is 0 Å². The van der Waals surface area contributed by atoms with Gasteiger partial charge in [0.15, 0.2) is 6.61 Å². The van der Waals surface area contributed by atoms with E-state index in [-0.39, 0.29) is 12.3 Å². The van der Waals surface area contributed by atoms with Gasteiger partial charge in [-0.1, -0.05) is 6.07 Å². The van der Waals surface area contributed by atoms with Crippen molar-refractivity contribution in [1.82, 2.24) is 4.90 Å². The molecule has 0 saturated heterocycles. The van der Waals surface area contributed by atoms with Gasteiger partial charge in [0, 0.05) is 18.8 Å². The quantitative estimate of drug-likeness (QED) is 0.877. The highest BCUT2D eigenvalue weighted by molar-refractivity contribution is 5.89. The number of likely N-dealkylation sites (N-methyl/N-ethyl adjacent to an activating group) is 1. The Morgan fingerprint density at radius 1 is 1.36 bits per heavy atom. The molecule has 2 amide bonds. The summed E-state index contributed by atoms with van der Waals surface area (Å²) in [5.41, 5.74) is -0.753. The number of anilines is 1. The molecule has 5 nitrogen and oxygen atoms in total. The van der Waals surface area contributed by atoms with Gasteiger partial charge in [-0.25, -0.2) is 4.79 Å². The molecule has 0 saturated carbocycles. The first-order chi connectivity index (χ1) is 9.96. The summed E-state index contributed by atoms with van der Waals surface area (Å²) in [6.07, 6.45) is -4.42. The van der Waals surface area contributed by atoms with Crippen LogP contribution in [0.5, 0.6) is 5.75 Å². The number of nitrogens with zero attached hydrogens (tertiary/aromatic N) is 1. The Morgan fingerprint density at radius 2 is 2.00 bits per heavy atom. The number of ether oxygens (including phenoxy) is 1. The third-order valence-corrected chi connectivity index (χ3v) is 2.46. The molecule has 2 N–H and O–H groups in total. The largest absolute Gasteiger partial charge is 0.484 e. The minimum absolute atomic E-state index is 0.000246. The van der Waals surface area contributed by atoms with Crippen LogP contribution in [0.4, 0.5) is 23.7 Å². The maximum Gasteiger partial charge on any atom is 0.422 e. The summed E-state index contributed by atoms with van der Waals surface area (Å²) in [6.45, 7) is 1.82. The molecule has 0 aliphatic heterocycles. The first kappa shape index (κ1) is 18.1. The van der Waals surface area contributed by atoms with Crippen LogP contribution in [0.25, 0.3) is 0 Å². The van der Waals surface area contributed by atoms with Crippen LogP contribution in [-0.2, 0) is 0 Å². The number of urea groups is 1. The lowest BCUT2D eigenvalue weighted by atomic mass is 10.1. The summed E-state index contributed by atoms with van der Waals surface area (Å²) in [4.78, 5) is 13.2. The maximum absolute atomic E-state index is 12.1. The summed E-state index contributed by atoms with van der Waals surface area (Å²) < 4.78 is 40.9. The van der Waals surface area contributed by atoms with Crippen LogP contribution >= 0.6 is 0 Å². The van der Waals surface area contributed by atoms with Crippen molar-refractivity contribution in [2.24, 2.45) is 0 Å². The minimum atomic E-state index is -4.42. The van der Waals surface area contributed by atoms with Crippen molar-refractivity contribution in [3.05, 3.63) is 24.3 Å². The zero-order chi connectivity index (χ0) is 17.0. The van der Waals surface area contributed by atoms with E-state index < -0.39 is 24.4 Å². The number of aliphatic hydroxyl groups is 1. The van der Waals surface area contributed by atoms with E-state index in [0.717, 1.165) is 0 Å². The molecular weight excluding hydrogens is 301 g/mol. The molecule has 0 radical (unpaired) electrons. The van der Waals surface area contributed by atoms with Crippen molar-refractivity contribution < 1.29 is 27.8 Å². The van der Waals surface area contributed by atoms with E-state index in [0.29, 0.717) is 5.69 Å². The third kappa shape index (κ3) is 7.16. The molecule has 0 unspecified atom stereocenters. The lowest BCUT2D eigenvalue weighted by Crippen LogP contribution is -2.41. The van der Waals surface area contributed by atoms with Crippen molar-refractivity contribution in [3.63, 3.8) is 0 Å². The van der Waals surface area contributed by atoms with Crippen LogP contribution in [0.1, 0.15) is 13.8 Å². The van der Waals surface area contributed by atoms with Gasteiger partial charge in [-0.15, -0.1) is 0 Å². The number of alkyl halides is 3. The van der Waals surface area contributed by atoms with E-state index in [4.69, 9.17) is 0 Å². The van der Waals surface area contributed by atoms with E-state index in [1.807, 2.05) is 0 Å². The lowest BCUT2D eigenvalue weighted by Gasteiger charge is -2.25. The molecule has 1 aromatic carbocycles. The summed E-state index contributed by atoms with van der Waals surface area (Å²) in [7, 11) is 1.50. The Morgan fingerprint density at radius 3 is 2.55 bits per heavy atom. The van der Waals surface area contributed by atoms with Gasteiger partial charge in [0.2, 0.25) is 0 Å². The van der Waals surface area contributed by atoms with Crippen LogP contribution in [0.15, 0.2) is 24.3 Å². The predicted octanol–water partition coefficient (Wildman–Crippen LogP) is 2.86. The highest BCUT2D eigenvalue weighted by Gasteiger charge is 2.28. The van der Waals surface area contributed by atoms with E-state index in [1.165, 1.54) is 36.2 Å². The van der Waals surface area contributed by atoms with Gasteiger partial charge in [-0.05, 0) is 26.0 Å². The zero-order valence-corrected chi connectivity index (χ0v) is 12.6. The average molecular weight is 320 g/mol. The van der Waals surface area contributed by atoms with E-state index in [1.54, 1.807) is 13.8 Å². The van der Waals surface area contributed by atoms with Gasteiger partial charge in [-0.3, -0.25) is 0 Å². The van der Waals surface area contributed by atoms with Crippen LogP contribution in [-0.4, -0.2) is 48.0 Å². The topological polar surface area (TPSA) is 61.8 Å². The molecule has 0 bridgehead atoms. The molecule has 124 valence electrons. The molecule has 0 heterocycles. The van der Waals surface area contributed by atoms with Gasteiger partial charge in [-0.2, -0.15) is 13.2 Å². The van der Waals surface area contributed by atoms with Crippen LogP contribution in [0.2, 0.25) is 0 Å².